The fourth-order valence-corrected chi connectivity index (χ4v) is 3.32. The van der Waals surface area contributed by atoms with Gasteiger partial charge in [-0.15, -0.1) is 0 Å². The molecule has 2 saturated heterocycles. The van der Waals surface area contributed by atoms with E-state index in [0.717, 1.165) is 0 Å². The van der Waals surface area contributed by atoms with Gasteiger partial charge in [-0.05, 0) is 30.0 Å². The normalized spacial score (nSPS) is 28.4. The van der Waals surface area contributed by atoms with E-state index in [4.69, 9.17) is 5.73 Å². The van der Waals surface area contributed by atoms with Crippen LogP contribution in [0.3, 0.4) is 0 Å². The average Bonchev–Trinajstić information content (AvgIpc) is 2.65. The number of nitrogen functional groups attached to an aromatic ring is 1. The molecule has 2 aliphatic rings. The number of rotatable bonds is 2. The highest BCUT2D eigenvalue weighted by molar-refractivity contribution is 6.08. The quantitative estimate of drug-likeness (QED) is 0.628. The molecule has 6 heteroatoms. The van der Waals surface area contributed by atoms with Gasteiger partial charge < -0.3 is 15.7 Å². The van der Waals surface area contributed by atoms with Gasteiger partial charge in [0.2, 0.25) is 0 Å². The first kappa shape index (κ1) is 13.6. The van der Waals surface area contributed by atoms with Crippen LogP contribution in [0.2, 0.25) is 0 Å². The number of aromatic nitrogens is 1. The molecule has 110 valence electrons. The second kappa shape index (κ2) is 4.31. The summed E-state index contributed by atoms with van der Waals surface area (Å²) in [6.45, 7) is 3.77. The van der Waals surface area contributed by atoms with Crippen LogP contribution in [-0.4, -0.2) is 39.0 Å². The summed E-state index contributed by atoms with van der Waals surface area (Å²) in [5.74, 6) is -1.17. The second-order valence-electron chi connectivity index (χ2n) is 6.28. The number of carboxylic acid groups (broad SMARTS) is 1. The Morgan fingerprint density at radius 2 is 2.29 bits per heavy atom. The second-order valence-corrected chi connectivity index (χ2v) is 6.28. The Balaban J connectivity index is 1.93. The Morgan fingerprint density at radius 1 is 1.57 bits per heavy atom. The summed E-state index contributed by atoms with van der Waals surface area (Å²) in [4.78, 5) is 29.3. The lowest BCUT2D eigenvalue weighted by molar-refractivity contribution is -0.154. The molecule has 0 aromatic carbocycles. The van der Waals surface area contributed by atoms with Crippen LogP contribution >= 0.6 is 0 Å². The third kappa shape index (κ3) is 1.98. The fraction of sp³-hybridized carbons (Fsp3) is 0.400. The zero-order chi connectivity index (χ0) is 15.4. The van der Waals surface area contributed by atoms with E-state index < -0.39 is 17.4 Å². The average molecular weight is 287 g/mol. The van der Waals surface area contributed by atoms with E-state index in [9.17, 15) is 14.7 Å². The summed E-state index contributed by atoms with van der Waals surface area (Å²) >= 11 is 0. The van der Waals surface area contributed by atoms with Gasteiger partial charge in [-0.3, -0.25) is 9.78 Å². The molecule has 2 fully saturated rings. The molecule has 3 rings (SSSR count). The van der Waals surface area contributed by atoms with Crippen LogP contribution in [0, 0.1) is 5.41 Å². The number of aliphatic carboxylic acids is 1. The van der Waals surface area contributed by atoms with Gasteiger partial charge >= 0.3 is 5.97 Å². The number of carboxylic acids is 1. The van der Waals surface area contributed by atoms with Crippen molar-refractivity contribution in [2.24, 2.45) is 5.41 Å². The van der Waals surface area contributed by atoms with E-state index in [1.165, 1.54) is 4.90 Å². The highest BCUT2D eigenvalue weighted by atomic mass is 16.4. The molecular formula is C15H17N3O3. The Hall–Kier alpha value is -2.37. The molecule has 3 heterocycles. The molecule has 1 aromatic heterocycles. The number of carbonyl (C=O) groups excluding carboxylic acids is 1. The van der Waals surface area contributed by atoms with E-state index in [-0.39, 0.29) is 11.9 Å². The maximum atomic E-state index is 12.3. The SMILES string of the molecule is CC1(C)CC2/C(=C\c3cc(N)ccn3)C(=O)N2[C@H]1C(=O)O. The number of fused-ring (bicyclic) bond motifs is 1. The van der Waals surface area contributed by atoms with Crippen LogP contribution in [0.25, 0.3) is 6.08 Å². The molecule has 1 amide bonds. The van der Waals surface area contributed by atoms with Crippen molar-refractivity contribution in [2.45, 2.75) is 32.4 Å². The van der Waals surface area contributed by atoms with Gasteiger partial charge in [-0.1, -0.05) is 13.8 Å². The van der Waals surface area contributed by atoms with Gasteiger partial charge in [0, 0.05) is 17.5 Å². The zero-order valence-electron chi connectivity index (χ0n) is 11.9. The minimum absolute atomic E-state index is 0.142. The van der Waals surface area contributed by atoms with E-state index in [1.807, 2.05) is 13.8 Å². The van der Waals surface area contributed by atoms with E-state index in [1.54, 1.807) is 24.4 Å². The van der Waals surface area contributed by atoms with Gasteiger partial charge in [0.05, 0.1) is 11.7 Å². The first-order valence-electron chi connectivity index (χ1n) is 6.80. The number of β-lactam (4-membered cyclic amide) rings is 1. The zero-order valence-corrected chi connectivity index (χ0v) is 11.9. The van der Waals surface area contributed by atoms with Crippen molar-refractivity contribution < 1.29 is 14.7 Å². The predicted molar refractivity (Wildman–Crippen MR) is 77.1 cm³/mol. The van der Waals surface area contributed by atoms with Crippen molar-refractivity contribution in [3.63, 3.8) is 0 Å². The summed E-state index contributed by atoms with van der Waals surface area (Å²) in [7, 11) is 0. The van der Waals surface area contributed by atoms with Crippen molar-refractivity contribution >= 4 is 23.6 Å². The molecule has 2 atom stereocenters. The van der Waals surface area contributed by atoms with Crippen LogP contribution in [0.1, 0.15) is 26.0 Å². The molecule has 1 aromatic rings. The first-order chi connectivity index (χ1) is 9.81. The predicted octanol–water partition coefficient (Wildman–Crippen LogP) is 1.14. The van der Waals surface area contributed by atoms with Gasteiger partial charge in [0.25, 0.3) is 5.91 Å². The summed E-state index contributed by atoms with van der Waals surface area (Å²) in [6, 6.07) is 2.46. The summed E-state index contributed by atoms with van der Waals surface area (Å²) < 4.78 is 0. The lowest BCUT2D eigenvalue weighted by Crippen LogP contribution is -2.57. The van der Waals surface area contributed by atoms with Gasteiger partial charge in [0.15, 0.2) is 0 Å². The number of carbonyl (C=O) groups is 2. The third-order valence-corrected chi connectivity index (χ3v) is 4.26. The Labute approximate surface area is 122 Å². The topological polar surface area (TPSA) is 96.5 Å². The summed E-state index contributed by atoms with van der Waals surface area (Å²) in [6.07, 6.45) is 3.94. The van der Waals surface area contributed by atoms with Gasteiger partial charge in [-0.2, -0.15) is 0 Å². The minimum atomic E-state index is -0.947. The van der Waals surface area contributed by atoms with Crippen molar-refractivity contribution in [3.05, 3.63) is 29.6 Å². The van der Waals surface area contributed by atoms with E-state index in [2.05, 4.69) is 4.98 Å². The highest BCUT2D eigenvalue weighted by Crippen LogP contribution is 2.49. The molecule has 1 unspecified atom stereocenters. The summed E-state index contributed by atoms with van der Waals surface area (Å²) in [5, 5.41) is 9.36. The molecule has 0 radical (unpaired) electrons. The Kier molecular flexibility index (Phi) is 2.79. The molecule has 0 aliphatic carbocycles. The van der Waals surface area contributed by atoms with Crippen molar-refractivity contribution in [2.75, 3.05) is 5.73 Å². The molecule has 21 heavy (non-hydrogen) atoms. The van der Waals surface area contributed by atoms with Crippen molar-refractivity contribution in [1.29, 1.82) is 0 Å². The van der Waals surface area contributed by atoms with Gasteiger partial charge in [0.1, 0.15) is 6.04 Å². The number of amides is 1. The van der Waals surface area contributed by atoms with Crippen LogP contribution in [0.5, 0.6) is 0 Å². The van der Waals surface area contributed by atoms with Crippen LogP contribution in [0.4, 0.5) is 5.69 Å². The van der Waals surface area contributed by atoms with E-state index >= 15 is 0 Å². The standard InChI is InChI=1S/C15H17N3O3/c1-15(2)7-11-10(6-9-5-8(16)3-4-17-9)13(19)18(11)12(15)14(20)21/h3-6,11-12H,7H2,1-2H3,(H2,16,17)(H,20,21)/b10-6+/t11?,12-/m0/s1. The minimum Gasteiger partial charge on any atom is -0.480 e. The maximum Gasteiger partial charge on any atom is 0.327 e. The monoisotopic (exact) mass is 287 g/mol. The van der Waals surface area contributed by atoms with Crippen LogP contribution in [-0.2, 0) is 9.59 Å². The number of nitrogens with two attached hydrogens (primary N) is 1. The fourth-order valence-electron chi connectivity index (χ4n) is 3.32. The largest absolute Gasteiger partial charge is 0.480 e. The Morgan fingerprint density at radius 3 is 2.90 bits per heavy atom. The van der Waals surface area contributed by atoms with Crippen LogP contribution in [0.15, 0.2) is 23.9 Å². The highest BCUT2D eigenvalue weighted by Gasteiger charge is 2.60. The molecule has 0 bridgehead atoms. The van der Waals surface area contributed by atoms with E-state index in [0.29, 0.717) is 23.4 Å². The number of pyridine rings is 1. The Bertz CT molecular complexity index is 666. The third-order valence-electron chi connectivity index (χ3n) is 4.26. The lowest BCUT2D eigenvalue weighted by atomic mass is 9.83. The molecule has 0 saturated carbocycles. The summed E-state index contributed by atoms with van der Waals surface area (Å²) in [5.41, 5.74) is 7.07. The number of nitrogens with zero attached hydrogens (tertiary/aromatic N) is 2. The smallest absolute Gasteiger partial charge is 0.327 e. The number of hydrogen-bond acceptors (Lipinski definition) is 4. The maximum absolute atomic E-state index is 12.3. The first-order valence-corrected chi connectivity index (χ1v) is 6.80. The van der Waals surface area contributed by atoms with Crippen molar-refractivity contribution in [1.82, 2.24) is 9.88 Å². The molecule has 2 aliphatic heterocycles. The molecular weight excluding hydrogens is 270 g/mol. The van der Waals surface area contributed by atoms with Gasteiger partial charge in [-0.25, -0.2) is 4.79 Å². The molecule has 3 N–H and O–H groups in total. The molecule has 0 spiro atoms. The molecule has 6 nitrogen and oxygen atoms in total. The van der Waals surface area contributed by atoms with Crippen molar-refractivity contribution in [3.8, 4) is 0 Å². The number of anilines is 1. The lowest BCUT2D eigenvalue weighted by Gasteiger charge is -2.40. The number of hydrogen-bond donors (Lipinski definition) is 2. The van der Waals surface area contributed by atoms with Crippen LogP contribution < -0.4 is 5.73 Å².